The number of hydrogen-bond donors (Lipinski definition) is 0. The molecule has 0 unspecified atom stereocenters. The van der Waals surface area contributed by atoms with Crippen molar-refractivity contribution >= 4 is 47.6 Å². The molecule has 0 aliphatic rings. The Labute approximate surface area is 278 Å². The summed E-state index contributed by atoms with van der Waals surface area (Å²) in [5.41, 5.74) is 18.6. The van der Waals surface area contributed by atoms with E-state index in [0.717, 1.165) is 17.1 Å². The Balaban J connectivity index is 1.70. The van der Waals surface area contributed by atoms with Gasteiger partial charge in [-0.15, -0.1) is 0 Å². The first-order valence-electron chi connectivity index (χ1n) is 16.3. The van der Waals surface area contributed by atoms with Gasteiger partial charge >= 0.3 is 0 Å². The summed E-state index contributed by atoms with van der Waals surface area (Å²) in [5.74, 6) is 0. The Morgan fingerprint density at radius 3 is 0.978 bits per heavy atom. The number of benzene rings is 5. The van der Waals surface area contributed by atoms with Crippen molar-refractivity contribution in [2.75, 3.05) is 16.9 Å². The van der Waals surface area contributed by atoms with Crippen LogP contribution in [0.2, 0.25) is 13.1 Å². The number of aryl methyl sites for hydroxylation is 9. The minimum atomic E-state index is -1.93. The third kappa shape index (κ3) is 6.42. The molecule has 0 spiro atoms. The van der Waals surface area contributed by atoms with Crippen LogP contribution in [0, 0.1) is 62.3 Å². The SMILES string of the molecule is CO[Si](C)(C)c1ccc(N(c2ccc(N(c3c(C)cc(C)cc3C)c3c(C)cc(C)cc3C)cc2)c2c(C)cc(C)cc2C)cc1. The smallest absolute Gasteiger partial charge is 0.217 e. The molecule has 5 aromatic carbocycles. The van der Waals surface area contributed by atoms with Crippen LogP contribution in [0.4, 0.5) is 34.1 Å². The molecule has 0 N–H and O–H groups in total. The van der Waals surface area contributed by atoms with Crippen molar-refractivity contribution in [1.82, 2.24) is 0 Å². The fraction of sp³-hybridized carbons (Fsp3) is 0.286. The monoisotopic (exact) mass is 626 g/mol. The summed E-state index contributed by atoms with van der Waals surface area (Å²) in [5, 5.41) is 1.29. The maximum atomic E-state index is 5.92. The lowest BCUT2D eigenvalue weighted by Crippen LogP contribution is -2.43. The van der Waals surface area contributed by atoms with Crippen LogP contribution in [0.25, 0.3) is 0 Å². The van der Waals surface area contributed by atoms with Crippen molar-refractivity contribution in [1.29, 1.82) is 0 Å². The molecule has 238 valence electrons. The van der Waals surface area contributed by atoms with Crippen LogP contribution >= 0.6 is 0 Å². The van der Waals surface area contributed by atoms with Crippen LogP contribution in [0.3, 0.4) is 0 Å². The van der Waals surface area contributed by atoms with Gasteiger partial charge < -0.3 is 14.2 Å². The first-order chi connectivity index (χ1) is 21.7. The maximum absolute atomic E-state index is 5.92. The zero-order valence-electron chi connectivity index (χ0n) is 29.9. The molecule has 0 bridgehead atoms. The Morgan fingerprint density at radius 2 is 0.674 bits per heavy atom. The van der Waals surface area contributed by atoms with Gasteiger partial charge in [-0.3, -0.25) is 0 Å². The van der Waals surface area contributed by atoms with E-state index >= 15 is 0 Å². The van der Waals surface area contributed by atoms with Gasteiger partial charge in [0.05, 0.1) is 17.1 Å². The third-order valence-electron chi connectivity index (χ3n) is 9.27. The molecule has 5 aromatic rings. The molecule has 0 aliphatic heterocycles. The lowest BCUT2D eigenvalue weighted by molar-refractivity contribution is 0.416. The molecule has 5 rings (SSSR count). The van der Waals surface area contributed by atoms with Gasteiger partial charge in [0.2, 0.25) is 8.32 Å². The van der Waals surface area contributed by atoms with Gasteiger partial charge in [0.1, 0.15) is 0 Å². The highest BCUT2D eigenvalue weighted by Crippen LogP contribution is 2.45. The minimum absolute atomic E-state index is 1.13. The van der Waals surface area contributed by atoms with E-state index in [4.69, 9.17) is 4.43 Å². The van der Waals surface area contributed by atoms with Crippen molar-refractivity contribution in [2.45, 2.75) is 75.4 Å². The lowest BCUT2D eigenvalue weighted by Gasteiger charge is -2.33. The Hall–Kier alpha value is -4.12. The summed E-state index contributed by atoms with van der Waals surface area (Å²) in [6.07, 6.45) is 0. The van der Waals surface area contributed by atoms with Crippen LogP contribution in [-0.4, -0.2) is 15.4 Å². The molecule has 3 nitrogen and oxygen atoms in total. The largest absolute Gasteiger partial charge is 0.416 e. The van der Waals surface area contributed by atoms with Gasteiger partial charge in [-0.25, -0.2) is 0 Å². The summed E-state index contributed by atoms with van der Waals surface area (Å²) >= 11 is 0. The Bertz CT molecular complexity index is 1760. The van der Waals surface area contributed by atoms with Gasteiger partial charge in [0, 0.05) is 24.2 Å². The summed E-state index contributed by atoms with van der Waals surface area (Å²) in [6, 6.07) is 31.9. The number of hydrogen-bond acceptors (Lipinski definition) is 3. The Kier molecular flexibility index (Phi) is 9.35. The van der Waals surface area contributed by atoms with Crippen molar-refractivity contribution in [3.63, 3.8) is 0 Å². The first kappa shape index (κ1) is 33.2. The zero-order chi connectivity index (χ0) is 33.5. The van der Waals surface area contributed by atoms with E-state index in [1.54, 1.807) is 0 Å². The molecular formula is C42H50N2OSi. The second-order valence-corrected chi connectivity index (χ2v) is 17.7. The quantitative estimate of drug-likeness (QED) is 0.159. The molecule has 0 atom stereocenters. The van der Waals surface area contributed by atoms with Crippen molar-refractivity contribution in [2.24, 2.45) is 0 Å². The summed E-state index contributed by atoms with van der Waals surface area (Å²) < 4.78 is 5.92. The average Bonchev–Trinajstić information content (AvgIpc) is 2.97. The van der Waals surface area contributed by atoms with E-state index in [2.05, 4.69) is 170 Å². The summed E-state index contributed by atoms with van der Waals surface area (Å²) in [4.78, 5) is 4.88. The predicted octanol–water partition coefficient (Wildman–Crippen LogP) is 11.5. The van der Waals surface area contributed by atoms with E-state index in [1.165, 1.54) is 72.3 Å². The number of anilines is 6. The van der Waals surface area contributed by atoms with E-state index in [-0.39, 0.29) is 0 Å². The zero-order valence-corrected chi connectivity index (χ0v) is 30.9. The van der Waals surface area contributed by atoms with Crippen LogP contribution < -0.4 is 15.0 Å². The molecule has 0 heterocycles. The van der Waals surface area contributed by atoms with Gasteiger partial charge in [0.25, 0.3) is 0 Å². The van der Waals surface area contributed by atoms with E-state index in [1.807, 2.05) is 7.11 Å². The van der Waals surface area contributed by atoms with E-state index < -0.39 is 8.32 Å². The van der Waals surface area contributed by atoms with Gasteiger partial charge in [-0.05, 0) is 150 Å². The maximum Gasteiger partial charge on any atom is 0.217 e. The van der Waals surface area contributed by atoms with Crippen LogP contribution in [0.15, 0.2) is 84.9 Å². The second-order valence-electron chi connectivity index (χ2n) is 13.7. The van der Waals surface area contributed by atoms with Gasteiger partial charge in [-0.2, -0.15) is 0 Å². The highest BCUT2D eigenvalue weighted by Gasteiger charge is 2.25. The number of nitrogens with zero attached hydrogens (tertiary/aromatic N) is 2. The molecule has 0 saturated heterocycles. The van der Waals surface area contributed by atoms with Crippen molar-refractivity contribution in [3.05, 3.63) is 135 Å². The molecule has 0 fully saturated rings. The highest BCUT2D eigenvalue weighted by atomic mass is 28.4. The standard InChI is InChI=1S/C42H50N2OSi/c1-27-21-30(4)40(31(5)22-27)43(37-17-19-39(20-18-37)46(11,12)45-10)36-13-15-38(16-14-36)44(41-32(6)23-28(2)24-33(41)7)42-34(8)25-29(3)26-35(42)9/h13-26H,1-12H3. The van der Waals surface area contributed by atoms with E-state index in [9.17, 15) is 0 Å². The molecule has 0 amide bonds. The van der Waals surface area contributed by atoms with Crippen molar-refractivity contribution in [3.8, 4) is 0 Å². The van der Waals surface area contributed by atoms with Crippen LogP contribution in [-0.2, 0) is 4.43 Å². The summed E-state index contributed by atoms with van der Waals surface area (Å²) in [6.45, 7) is 24.4. The average molecular weight is 627 g/mol. The molecule has 0 radical (unpaired) electrons. The van der Waals surface area contributed by atoms with Gasteiger partial charge in [0.15, 0.2) is 0 Å². The molecule has 46 heavy (non-hydrogen) atoms. The molecule has 0 aliphatic carbocycles. The van der Waals surface area contributed by atoms with E-state index in [0.29, 0.717) is 0 Å². The second kappa shape index (κ2) is 12.9. The normalized spacial score (nSPS) is 11.6. The van der Waals surface area contributed by atoms with Gasteiger partial charge in [-0.1, -0.05) is 65.2 Å². The fourth-order valence-corrected chi connectivity index (χ4v) is 8.44. The lowest BCUT2D eigenvalue weighted by atomic mass is 9.98. The first-order valence-corrected chi connectivity index (χ1v) is 19.2. The molecule has 0 saturated carbocycles. The van der Waals surface area contributed by atoms with Crippen molar-refractivity contribution < 1.29 is 4.43 Å². The van der Waals surface area contributed by atoms with Crippen LogP contribution in [0.1, 0.15) is 50.1 Å². The topological polar surface area (TPSA) is 15.7 Å². The third-order valence-corrected chi connectivity index (χ3v) is 12.0. The Morgan fingerprint density at radius 1 is 0.413 bits per heavy atom. The minimum Gasteiger partial charge on any atom is -0.416 e. The highest BCUT2D eigenvalue weighted by molar-refractivity contribution is 6.84. The predicted molar refractivity (Wildman–Crippen MR) is 203 cm³/mol. The van der Waals surface area contributed by atoms with Crippen LogP contribution in [0.5, 0.6) is 0 Å². The molecule has 4 heteroatoms. The molecule has 0 aromatic heterocycles. The number of rotatable bonds is 8. The fourth-order valence-electron chi connectivity index (χ4n) is 7.23. The summed E-state index contributed by atoms with van der Waals surface area (Å²) in [7, 11) is -0.105. The molecular weight excluding hydrogens is 577 g/mol.